The van der Waals surface area contributed by atoms with E-state index in [1.54, 1.807) is 38.3 Å². The van der Waals surface area contributed by atoms with E-state index in [1.807, 2.05) is 6.07 Å². The molecule has 0 spiro atoms. The molecule has 3 rings (SSSR count). The second-order valence-electron chi connectivity index (χ2n) is 6.96. The number of nitro benzene ring substituents is 1. The number of anilines is 1. The quantitative estimate of drug-likeness (QED) is 0.444. The second-order valence-corrected chi connectivity index (χ2v) is 8.87. The van der Waals surface area contributed by atoms with E-state index >= 15 is 0 Å². The van der Waals surface area contributed by atoms with Crippen molar-refractivity contribution in [3.63, 3.8) is 0 Å². The molecule has 0 bridgehead atoms. The van der Waals surface area contributed by atoms with Crippen molar-refractivity contribution in [3.05, 3.63) is 52.1 Å². The molecular formula is C20H25N3O7S. The molecule has 168 valence electrons. The van der Waals surface area contributed by atoms with Crippen LogP contribution in [0.2, 0.25) is 0 Å². The number of hydrogen-bond donors (Lipinski definition) is 0. The minimum absolute atomic E-state index is 0.112. The first-order valence-electron chi connectivity index (χ1n) is 9.56. The maximum Gasteiger partial charge on any atom is 0.270 e. The van der Waals surface area contributed by atoms with E-state index in [2.05, 4.69) is 0 Å². The van der Waals surface area contributed by atoms with Gasteiger partial charge in [0.05, 0.1) is 38.0 Å². The molecule has 0 atom stereocenters. The zero-order valence-electron chi connectivity index (χ0n) is 17.6. The molecule has 1 fully saturated rings. The van der Waals surface area contributed by atoms with Crippen molar-refractivity contribution >= 4 is 21.4 Å². The number of non-ortho nitro benzene ring substituents is 1. The Morgan fingerprint density at radius 1 is 1.13 bits per heavy atom. The fraction of sp³-hybridized carbons (Fsp3) is 0.400. The first kappa shape index (κ1) is 22.8. The number of nitro groups is 1. The molecule has 1 saturated heterocycles. The Labute approximate surface area is 181 Å². The second kappa shape index (κ2) is 9.50. The Kier molecular flexibility index (Phi) is 6.98. The van der Waals surface area contributed by atoms with Gasteiger partial charge in [-0.25, -0.2) is 8.42 Å². The maximum atomic E-state index is 13.3. The van der Waals surface area contributed by atoms with Gasteiger partial charge in [0.15, 0.2) is 0 Å². The van der Waals surface area contributed by atoms with Gasteiger partial charge in [-0.2, -0.15) is 4.31 Å². The van der Waals surface area contributed by atoms with Crippen molar-refractivity contribution in [2.24, 2.45) is 0 Å². The van der Waals surface area contributed by atoms with Crippen LogP contribution in [0.25, 0.3) is 0 Å². The van der Waals surface area contributed by atoms with Gasteiger partial charge in [0.25, 0.3) is 5.69 Å². The molecule has 0 unspecified atom stereocenters. The minimum Gasteiger partial charge on any atom is -0.497 e. The van der Waals surface area contributed by atoms with E-state index in [1.165, 1.54) is 16.4 Å². The minimum atomic E-state index is -3.96. The van der Waals surface area contributed by atoms with Gasteiger partial charge in [-0.1, -0.05) is 0 Å². The van der Waals surface area contributed by atoms with Crippen molar-refractivity contribution < 1.29 is 27.6 Å². The van der Waals surface area contributed by atoms with Gasteiger partial charge < -0.3 is 19.1 Å². The van der Waals surface area contributed by atoms with E-state index in [0.29, 0.717) is 23.7 Å². The standard InChI is InChI=1S/C20H25N3O7S/c1-21(14-15-4-6-17(28-2)13-19(15)29-3)18-7-5-16(23(24)25)12-20(18)31(26,27)22-8-10-30-11-9-22/h4-7,12-13H,8-11,14H2,1-3H3. The largest absolute Gasteiger partial charge is 0.497 e. The van der Waals surface area contributed by atoms with E-state index in [-0.39, 0.29) is 36.9 Å². The first-order valence-corrected chi connectivity index (χ1v) is 11.0. The van der Waals surface area contributed by atoms with Gasteiger partial charge >= 0.3 is 0 Å². The Morgan fingerprint density at radius 3 is 2.45 bits per heavy atom. The van der Waals surface area contributed by atoms with Crippen LogP contribution in [0.4, 0.5) is 11.4 Å². The SMILES string of the molecule is COc1ccc(CN(C)c2ccc([N+](=O)[O-])cc2S(=O)(=O)N2CCOCC2)c(OC)c1. The lowest BCUT2D eigenvalue weighted by Gasteiger charge is -2.29. The number of benzene rings is 2. The summed E-state index contributed by atoms with van der Waals surface area (Å²) in [4.78, 5) is 12.3. The summed E-state index contributed by atoms with van der Waals surface area (Å²) < 4.78 is 43.8. The summed E-state index contributed by atoms with van der Waals surface area (Å²) in [5.74, 6) is 1.22. The number of sulfonamides is 1. The number of hydrogen-bond acceptors (Lipinski definition) is 8. The highest BCUT2D eigenvalue weighted by Crippen LogP contribution is 2.33. The molecule has 1 aliphatic rings. The molecule has 10 nitrogen and oxygen atoms in total. The first-order chi connectivity index (χ1) is 14.8. The highest BCUT2D eigenvalue weighted by molar-refractivity contribution is 7.89. The molecule has 1 aliphatic heterocycles. The highest BCUT2D eigenvalue weighted by Gasteiger charge is 2.31. The topological polar surface area (TPSA) is 111 Å². The molecule has 0 radical (unpaired) electrons. The lowest BCUT2D eigenvalue weighted by atomic mass is 10.1. The summed E-state index contributed by atoms with van der Waals surface area (Å²) in [6, 6.07) is 9.23. The zero-order valence-corrected chi connectivity index (χ0v) is 18.4. The number of rotatable bonds is 8. The van der Waals surface area contributed by atoms with Crippen LogP contribution in [0.3, 0.4) is 0 Å². The molecule has 2 aromatic carbocycles. The third-order valence-corrected chi connectivity index (χ3v) is 6.98. The van der Waals surface area contributed by atoms with Gasteiger partial charge in [-0.3, -0.25) is 10.1 Å². The predicted octanol–water partition coefficient (Wildman–Crippen LogP) is 2.27. The molecule has 2 aromatic rings. The van der Waals surface area contributed by atoms with Gasteiger partial charge in [0.2, 0.25) is 10.0 Å². The van der Waals surface area contributed by atoms with Crippen LogP contribution in [0.1, 0.15) is 5.56 Å². The fourth-order valence-electron chi connectivity index (χ4n) is 3.39. The van der Waals surface area contributed by atoms with Crippen molar-refractivity contribution in [2.75, 3.05) is 52.5 Å². The molecular weight excluding hydrogens is 426 g/mol. The van der Waals surface area contributed by atoms with E-state index in [0.717, 1.165) is 11.6 Å². The van der Waals surface area contributed by atoms with Crippen LogP contribution in [0.5, 0.6) is 11.5 Å². The van der Waals surface area contributed by atoms with E-state index in [9.17, 15) is 18.5 Å². The van der Waals surface area contributed by atoms with Gasteiger partial charge in [0, 0.05) is 50.4 Å². The summed E-state index contributed by atoms with van der Waals surface area (Å²) in [7, 11) is 0.865. The van der Waals surface area contributed by atoms with Gasteiger partial charge in [-0.05, 0) is 18.2 Å². The van der Waals surface area contributed by atoms with E-state index < -0.39 is 14.9 Å². The van der Waals surface area contributed by atoms with Gasteiger partial charge in [-0.15, -0.1) is 0 Å². The Balaban J connectivity index is 2.01. The van der Waals surface area contributed by atoms with Crippen LogP contribution in [-0.4, -0.2) is 65.2 Å². The molecule has 11 heteroatoms. The fourth-order valence-corrected chi connectivity index (χ4v) is 5.05. The zero-order chi connectivity index (χ0) is 22.6. The number of ether oxygens (including phenoxy) is 3. The van der Waals surface area contributed by atoms with E-state index in [4.69, 9.17) is 14.2 Å². The lowest BCUT2D eigenvalue weighted by Crippen LogP contribution is -2.41. The monoisotopic (exact) mass is 451 g/mol. The average Bonchev–Trinajstić information content (AvgIpc) is 2.79. The molecule has 0 N–H and O–H groups in total. The molecule has 0 amide bonds. The third kappa shape index (κ3) is 4.89. The molecule has 0 saturated carbocycles. The summed E-state index contributed by atoms with van der Waals surface area (Å²) in [6.07, 6.45) is 0. The predicted molar refractivity (Wildman–Crippen MR) is 114 cm³/mol. The summed E-state index contributed by atoms with van der Waals surface area (Å²) >= 11 is 0. The average molecular weight is 452 g/mol. The summed E-state index contributed by atoms with van der Waals surface area (Å²) in [5.41, 5.74) is 0.875. The lowest BCUT2D eigenvalue weighted by molar-refractivity contribution is -0.385. The third-order valence-electron chi connectivity index (χ3n) is 5.06. The molecule has 31 heavy (non-hydrogen) atoms. The molecule has 0 aliphatic carbocycles. The molecule has 1 heterocycles. The van der Waals surface area contributed by atoms with Crippen molar-refractivity contribution in [2.45, 2.75) is 11.4 Å². The summed E-state index contributed by atoms with van der Waals surface area (Å²) in [6.45, 7) is 1.27. The Hall–Kier alpha value is -2.89. The van der Waals surface area contributed by atoms with Crippen LogP contribution in [-0.2, 0) is 21.3 Å². The molecule has 0 aromatic heterocycles. The Bertz CT molecular complexity index is 1050. The number of methoxy groups -OCH3 is 2. The van der Waals surface area contributed by atoms with Crippen LogP contribution in [0, 0.1) is 10.1 Å². The number of morpholine rings is 1. The maximum absolute atomic E-state index is 13.3. The highest BCUT2D eigenvalue weighted by atomic mass is 32.2. The Morgan fingerprint density at radius 2 is 1.84 bits per heavy atom. The van der Waals surface area contributed by atoms with Crippen molar-refractivity contribution in [1.82, 2.24) is 4.31 Å². The normalized spacial score (nSPS) is 14.8. The summed E-state index contributed by atoms with van der Waals surface area (Å²) in [5, 5.41) is 11.3. The van der Waals surface area contributed by atoms with Crippen LogP contribution in [0.15, 0.2) is 41.3 Å². The van der Waals surface area contributed by atoms with Crippen LogP contribution >= 0.6 is 0 Å². The number of nitrogens with zero attached hydrogens (tertiary/aromatic N) is 3. The van der Waals surface area contributed by atoms with Crippen molar-refractivity contribution in [1.29, 1.82) is 0 Å². The van der Waals surface area contributed by atoms with Gasteiger partial charge in [0.1, 0.15) is 16.4 Å². The van der Waals surface area contributed by atoms with Crippen molar-refractivity contribution in [3.8, 4) is 11.5 Å². The van der Waals surface area contributed by atoms with Crippen LogP contribution < -0.4 is 14.4 Å². The smallest absolute Gasteiger partial charge is 0.270 e.